The van der Waals surface area contributed by atoms with Gasteiger partial charge in [-0.3, -0.25) is 0 Å². The average Bonchev–Trinajstić information content (AvgIpc) is 2.96. The Bertz CT molecular complexity index is 741. The molecule has 2 N–H and O–H groups in total. The van der Waals surface area contributed by atoms with Gasteiger partial charge in [0.05, 0.1) is 6.33 Å². The van der Waals surface area contributed by atoms with Crippen LogP contribution < -0.4 is 5.32 Å². The van der Waals surface area contributed by atoms with Crippen LogP contribution in [0.2, 0.25) is 0 Å². The zero-order chi connectivity index (χ0) is 14.7. The molecule has 2 heterocycles. The van der Waals surface area contributed by atoms with Crippen LogP contribution in [0.25, 0.3) is 11.2 Å². The molecule has 1 aromatic carbocycles. The average molecular weight is 303 g/mol. The first kappa shape index (κ1) is 13.8. The summed E-state index contributed by atoms with van der Waals surface area (Å²) in [5, 5.41) is 3.93. The zero-order valence-corrected chi connectivity index (χ0v) is 12.2. The summed E-state index contributed by atoms with van der Waals surface area (Å²) in [5.74, 6) is 0.306. The first-order valence-electron chi connectivity index (χ1n) is 6.64. The van der Waals surface area contributed by atoms with E-state index < -0.39 is 0 Å². The van der Waals surface area contributed by atoms with Crippen LogP contribution >= 0.6 is 11.8 Å². The van der Waals surface area contributed by atoms with Crippen LogP contribution in [0.4, 0.5) is 10.3 Å². The Kier molecular flexibility index (Phi) is 4.01. The lowest BCUT2D eigenvalue weighted by molar-refractivity contribution is 0.626. The summed E-state index contributed by atoms with van der Waals surface area (Å²) < 4.78 is 13.0. The van der Waals surface area contributed by atoms with Crippen LogP contribution in [-0.4, -0.2) is 26.5 Å². The number of fused-ring (bicyclic) bond motifs is 1. The molecule has 0 aliphatic rings. The fraction of sp³-hybridized carbons (Fsp3) is 0.214. The van der Waals surface area contributed by atoms with Crippen molar-refractivity contribution in [3.8, 4) is 0 Å². The predicted molar refractivity (Wildman–Crippen MR) is 81.0 cm³/mol. The van der Waals surface area contributed by atoms with Gasteiger partial charge in [-0.2, -0.15) is 4.98 Å². The van der Waals surface area contributed by atoms with Gasteiger partial charge in [0.2, 0.25) is 5.95 Å². The number of anilines is 1. The highest BCUT2D eigenvalue weighted by Crippen LogP contribution is 2.30. The van der Waals surface area contributed by atoms with E-state index in [0.29, 0.717) is 11.6 Å². The maximum atomic E-state index is 13.0. The van der Waals surface area contributed by atoms with Crippen molar-refractivity contribution in [3.63, 3.8) is 0 Å². The largest absolute Gasteiger partial charge is 0.354 e. The molecule has 0 amide bonds. The fourth-order valence-corrected chi connectivity index (χ4v) is 2.69. The zero-order valence-electron chi connectivity index (χ0n) is 11.4. The van der Waals surface area contributed by atoms with E-state index in [1.54, 1.807) is 18.5 Å². The Morgan fingerprint density at radius 3 is 2.81 bits per heavy atom. The minimum Gasteiger partial charge on any atom is -0.354 e. The Labute approximate surface area is 125 Å². The van der Waals surface area contributed by atoms with E-state index in [1.165, 1.54) is 23.9 Å². The Morgan fingerprint density at radius 2 is 2.05 bits per heavy atom. The van der Waals surface area contributed by atoms with E-state index in [4.69, 9.17) is 0 Å². The number of nitrogens with one attached hydrogen (secondary N) is 2. The van der Waals surface area contributed by atoms with Crippen LogP contribution in [-0.2, 0) is 0 Å². The summed E-state index contributed by atoms with van der Waals surface area (Å²) >= 11 is 1.45. The minimum absolute atomic E-state index is 0.251. The van der Waals surface area contributed by atoms with Crippen molar-refractivity contribution >= 4 is 28.9 Å². The molecule has 0 saturated carbocycles. The molecule has 3 rings (SSSR count). The molecule has 3 aromatic rings. The van der Waals surface area contributed by atoms with Gasteiger partial charge in [-0.05, 0) is 30.7 Å². The van der Waals surface area contributed by atoms with Crippen molar-refractivity contribution < 1.29 is 4.39 Å². The van der Waals surface area contributed by atoms with Crippen LogP contribution in [0.1, 0.15) is 13.3 Å². The number of halogens is 1. The molecule has 0 atom stereocenters. The number of benzene rings is 1. The molecule has 108 valence electrons. The summed E-state index contributed by atoms with van der Waals surface area (Å²) in [4.78, 5) is 17.0. The third-order valence-corrected chi connectivity index (χ3v) is 3.81. The molecule has 0 unspecified atom stereocenters. The van der Waals surface area contributed by atoms with Gasteiger partial charge < -0.3 is 10.3 Å². The second-order valence-corrected chi connectivity index (χ2v) is 5.50. The number of nitrogens with zero attached hydrogens (tertiary/aromatic N) is 3. The van der Waals surface area contributed by atoms with Gasteiger partial charge in [-0.15, -0.1) is 0 Å². The van der Waals surface area contributed by atoms with E-state index in [2.05, 4.69) is 32.2 Å². The molecule has 21 heavy (non-hydrogen) atoms. The first-order chi connectivity index (χ1) is 10.3. The SMILES string of the molecule is CCCNc1nc(Sc2ccc(F)cc2)c2[nH]cnc2n1. The van der Waals surface area contributed by atoms with Gasteiger partial charge in [-0.25, -0.2) is 14.4 Å². The lowest BCUT2D eigenvalue weighted by atomic mass is 10.4. The summed E-state index contributed by atoms with van der Waals surface area (Å²) in [6.45, 7) is 2.88. The molecule has 0 aliphatic heterocycles. The normalized spacial score (nSPS) is 11.0. The molecular weight excluding hydrogens is 289 g/mol. The molecule has 0 bridgehead atoms. The number of hydrogen-bond donors (Lipinski definition) is 2. The van der Waals surface area contributed by atoms with E-state index in [0.717, 1.165) is 28.4 Å². The highest BCUT2D eigenvalue weighted by molar-refractivity contribution is 7.99. The van der Waals surface area contributed by atoms with E-state index in [9.17, 15) is 4.39 Å². The van der Waals surface area contributed by atoms with Crippen LogP contribution in [0, 0.1) is 5.82 Å². The smallest absolute Gasteiger partial charge is 0.225 e. The van der Waals surface area contributed by atoms with E-state index in [1.807, 2.05) is 0 Å². The van der Waals surface area contributed by atoms with Crippen molar-refractivity contribution in [1.29, 1.82) is 0 Å². The van der Waals surface area contributed by atoms with E-state index >= 15 is 0 Å². The summed E-state index contributed by atoms with van der Waals surface area (Å²) in [7, 11) is 0. The monoisotopic (exact) mass is 303 g/mol. The lowest BCUT2D eigenvalue weighted by Gasteiger charge is -2.06. The third-order valence-electron chi connectivity index (χ3n) is 2.81. The quantitative estimate of drug-likeness (QED) is 0.707. The van der Waals surface area contributed by atoms with Gasteiger partial charge >= 0.3 is 0 Å². The number of hydrogen-bond acceptors (Lipinski definition) is 5. The van der Waals surface area contributed by atoms with E-state index in [-0.39, 0.29) is 5.82 Å². The van der Waals surface area contributed by atoms with Crippen molar-refractivity contribution in [1.82, 2.24) is 19.9 Å². The highest BCUT2D eigenvalue weighted by atomic mass is 32.2. The van der Waals surface area contributed by atoms with Gasteiger partial charge in [0.1, 0.15) is 16.4 Å². The summed E-state index contributed by atoms with van der Waals surface area (Å²) in [5.41, 5.74) is 1.40. The van der Waals surface area contributed by atoms with Crippen LogP contribution in [0.3, 0.4) is 0 Å². The lowest BCUT2D eigenvalue weighted by Crippen LogP contribution is -2.05. The Morgan fingerprint density at radius 1 is 1.24 bits per heavy atom. The second-order valence-electron chi connectivity index (χ2n) is 4.44. The number of rotatable bonds is 5. The van der Waals surface area contributed by atoms with Crippen molar-refractivity contribution in [3.05, 3.63) is 36.4 Å². The molecule has 0 aliphatic carbocycles. The Balaban J connectivity index is 1.95. The number of imidazole rings is 1. The molecule has 5 nitrogen and oxygen atoms in total. The topological polar surface area (TPSA) is 66.5 Å². The van der Waals surface area contributed by atoms with Gasteiger partial charge in [0.15, 0.2) is 5.65 Å². The van der Waals surface area contributed by atoms with Crippen molar-refractivity contribution in [2.75, 3.05) is 11.9 Å². The van der Waals surface area contributed by atoms with Crippen LogP contribution in [0.5, 0.6) is 0 Å². The van der Waals surface area contributed by atoms with Gasteiger partial charge in [0.25, 0.3) is 0 Å². The molecule has 0 fully saturated rings. The second kappa shape index (κ2) is 6.09. The molecule has 0 radical (unpaired) electrons. The van der Waals surface area contributed by atoms with Gasteiger partial charge in [-0.1, -0.05) is 18.7 Å². The highest BCUT2D eigenvalue weighted by Gasteiger charge is 2.11. The molecular formula is C14H14FN5S. The molecule has 0 saturated heterocycles. The summed E-state index contributed by atoms with van der Waals surface area (Å²) in [6, 6.07) is 6.32. The van der Waals surface area contributed by atoms with Crippen molar-refractivity contribution in [2.24, 2.45) is 0 Å². The van der Waals surface area contributed by atoms with Crippen molar-refractivity contribution in [2.45, 2.75) is 23.3 Å². The van der Waals surface area contributed by atoms with Gasteiger partial charge in [0, 0.05) is 11.4 Å². The maximum absolute atomic E-state index is 13.0. The third kappa shape index (κ3) is 3.13. The minimum atomic E-state index is -0.251. The standard InChI is InChI=1S/C14H14FN5S/c1-2-7-16-14-19-12-11(17-8-18-12)13(20-14)21-10-5-3-9(15)4-6-10/h3-6,8H,2,7H2,1H3,(H2,16,17,18,19,20). The number of aromatic nitrogens is 4. The van der Waals surface area contributed by atoms with Crippen LogP contribution in [0.15, 0.2) is 40.5 Å². The maximum Gasteiger partial charge on any atom is 0.225 e. The summed E-state index contributed by atoms with van der Waals surface area (Å²) in [6.07, 6.45) is 2.58. The number of aromatic amines is 1. The predicted octanol–water partition coefficient (Wildman–Crippen LogP) is 3.47. The Hall–Kier alpha value is -2.15. The number of H-pyrrole nitrogens is 1. The molecule has 2 aromatic heterocycles. The molecule has 0 spiro atoms. The first-order valence-corrected chi connectivity index (χ1v) is 7.46. The molecule has 7 heteroatoms. The fourth-order valence-electron chi connectivity index (χ4n) is 1.81.